The second-order valence-corrected chi connectivity index (χ2v) is 8.34. The summed E-state index contributed by atoms with van der Waals surface area (Å²) in [4.78, 5) is 16.8. The number of carbonyl (C=O) groups excluding carboxylic acids is 1. The van der Waals surface area contributed by atoms with E-state index in [4.69, 9.17) is 0 Å². The number of amides is 1. The number of nitrogens with zero attached hydrogens (tertiary/aromatic N) is 1. The summed E-state index contributed by atoms with van der Waals surface area (Å²) in [6.45, 7) is 3.17. The molecule has 1 aliphatic heterocycles. The van der Waals surface area contributed by atoms with Crippen LogP contribution in [0.5, 0.6) is 0 Å². The molecule has 0 spiro atoms. The Balaban J connectivity index is 1.74. The SMILES string of the molecule is C[C@@H]1CNC[C@](NC(=O)CC2CC2(F)F)(c2ccc(C(F)F)c3ncccc23)C1. The highest BCUT2D eigenvalue weighted by Crippen LogP contribution is 2.50. The smallest absolute Gasteiger partial charge is 0.265 e. The maximum absolute atomic E-state index is 13.5. The van der Waals surface area contributed by atoms with Crippen molar-refractivity contribution >= 4 is 16.8 Å². The first kappa shape index (κ1) is 20.1. The first-order chi connectivity index (χ1) is 13.7. The van der Waals surface area contributed by atoms with E-state index in [0.29, 0.717) is 23.9 Å². The van der Waals surface area contributed by atoms with Crippen LogP contribution in [0.1, 0.15) is 43.7 Å². The highest BCUT2D eigenvalue weighted by Gasteiger charge is 2.57. The Labute approximate surface area is 166 Å². The molecule has 1 saturated heterocycles. The summed E-state index contributed by atoms with van der Waals surface area (Å²) in [7, 11) is 0. The molecule has 2 N–H and O–H groups in total. The molecular formula is C21H23F4N3O. The van der Waals surface area contributed by atoms with Crippen LogP contribution in [0.15, 0.2) is 30.5 Å². The fourth-order valence-electron chi connectivity index (χ4n) is 4.46. The molecule has 1 unspecified atom stereocenters. The highest BCUT2D eigenvalue weighted by molar-refractivity contribution is 5.87. The summed E-state index contributed by atoms with van der Waals surface area (Å²) in [5.74, 6) is -3.93. The quantitative estimate of drug-likeness (QED) is 0.730. The maximum Gasteiger partial charge on any atom is 0.265 e. The van der Waals surface area contributed by atoms with Gasteiger partial charge in [-0.1, -0.05) is 25.1 Å². The van der Waals surface area contributed by atoms with E-state index in [1.54, 1.807) is 18.2 Å². The van der Waals surface area contributed by atoms with E-state index < -0.39 is 29.7 Å². The van der Waals surface area contributed by atoms with Crippen LogP contribution in [-0.4, -0.2) is 29.9 Å². The Kier molecular flexibility index (Phi) is 5.01. The third kappa shape index (κ3) is 3.82. The molecule has 4 nitrogen and oxygen atoms in total. The van der Waals surface area contributed by atoms with Gasteiger partial charge in [0.15, 0.2) is 0 Å². The number of nitrogens with one attached hydrogen (secondary N) is 2. The second-order valence-electron chi connectivity index (χ2n) is 8.34. The average molecular weight is 409 g/mol. The van der Waals surface area contributed by atoms with Crippen LogP contribution in [0.3, 0.4) is 0 Å². The molecule has 4 rings (SSSR count). The Morgan fingerprint density at radius 2 is 2.07 bits per heavy atom. The number of piperidine rings is 1. The lowest BCUT2D eigenvalue weighted by Crippen LogP contribution is -2.57. The number of halogens is 4. The topological polar surface area (TPSA) is 54.0 Å². The van der Waals surface area contributed by atoms with Gasteiger partial charge in [-0.3, -0.25) is 9.78 Å². The Morgan fingerprint density at radius 3 is 2.72 bits per heavy atom. The maximum atomic E-state index is 13.5. The van der Waals surface area contributed by atoms with Crippen LogP contribution in [-0.2, 0) is 10.3 Å². The predicted molar refractivity (Wildman–Crippen MR) is 101 cm³/mol. The molecule has 0 bridgehead atoms. The van der Waals surface area contributed by atoms with E-state index in [1.165, 1.54) is 12.3 Å². The Bertz CT molecular complexity index is 935. The van der Waals surface area contributed by atoms with Crippen molar-refractivity contribution in [2.45, 2.75) is 44.1 Å². The second kappa shape index (κ2) is 7.23. The van der Waals surface area contributed by atoms with E-state index >= 15 is 0 Å². The molecule has 1 aromatic carbocycles. The molecule has 1 aliphatic carbocycles. The minimum Gasteiger partial charge on any atom is -0.345 e. The average Bonchev–Trinajstić information content (AvgIpc) is 3.25. The number of alkyl halides is 4. The lowest BCUT2D eigenvalue weighted by molar-refractivity contribution is -0.124. The van der Waals surface area contributed by atoms with Crippen LogP contribution in [0.4, 0.5) is 17.6 Å². The van der Waals surface area contributed by atoms with Gasteiger partial charge < -0.3 is 10.6 Å². The summed E-state index contributed by atoms with van der Waals surface area (Å²) < 4.78 is 53.5. The number of pyridine rings is 1. The number of fused-ring (bicyclic) bond motifs is 1. The van der Waals surface area contributed by atoms with E-state index in [9.17, 15) is 22.4 Å². The van der Waals surface area contributed by atoms with E-state index in [1.807, 2.05) is 6.92 Å². The van der Waals surface area contributed by atoms with Crippen LogP contribution in [0.25, 0.3) is 10.9 Å². The lowest BCUT2D eigenvalue weighted by Gasteiger charge is -2.42. The zero-order valence-electron chi connectivity index (χ0n) is 16.0. The number of hydrogen-bond acceptors (Lipinski definition) is 3. The van der Waals surface area contributed by atoms with Crippen molar-refractivity contribution < 1.29 is 22.4 Å². The third-order valence-corrected chi connectivity index (χ3v) is 5.93. The van der Waals surface area contributed by atoms with Crippen LogP contribution < -0.4 is 10.6 Å². The van der Waals surface area contributed by atoms with Gasteiger partial charge in [-0.25, -0.2) is 17.6 Å². The molecule has 2 heterocycles. The van der Waals surface area contributed by atoms with Crippen molar-refractivity contribution in [1.82, 2.24) is 15.6 Å². The minimum atomic E-state index is -2.77. The van der Waals surface area contributed by atoms with E-state index in [2.05, 4.69) is 15.6 Å². The summed E-state index contributed by atoms with van der Waals surface area (Å²) in [6.07, 6.45) is -1.15. The van der Waals surface area contributed by atoms with Gasteiger partial charge in [0.2, 0.25) is 5.91 Å². The van der Waals surface area contributed by atoms with Crippen LogP contribution >= 0.6 is 0 Å². The molecule has 8 heteroatoms. The standard InChI is InChI=1S/C21H23F4N3O/c1-12-8-20(11-26-10-12,28-17(29)7-13-9-21(13,24)25)16-5-4-15(19(22)23)18-14(16)3-2-6-27-18/h2-6,12-13,19,26H,7-11H2,1H3,(H,28,29)/t12-,13?,20-/m0/s1. The fourth-order valence-corrected chi connectivity index (χ4v) is 4.46. The molecule has 1 amide bonds. The molecule has 29 heavy (non-hydrogen) atoms. The monoisotopic (exact) mass is 409 g/mol. The van der Waals surface area contributed by atoms with E-state index in [-0.39, 0.29) is 29.8 Å². The summed E-state index contributed by atoms with van der Waals surface area (Å²) in [5, 5.41) is 6.80. The van der Waals surface area contributed by atoms with Crippen molar-refractivity contribution in [2.24, 2.45) is 11.8 Å². The van der Waals surface area contributed by atoms with Crippen LogP contribution in [0, 0.1) is 11.8 Å². The van der Waals surface area contributed by atoms with Crippen molar-refractivity contribution in [3.63, 3.8) is 0 Å². The Morgan fingerprint density at radius 1 is 1.31 bits per heavy atom. The molecule has 2 fully saturated rings. The molecule has 1 aromatic heterocycles. The fraction of sp³-hybridized carbons (Fsp3) is 0.524. The number of aromatic nitrogens is 1. The first-order valence-electron chi connectivity index (χ1n) is 9.78. The van der Waals surface area contributed by atoms with Gasteiger partial charge in [0, 0.05) is 42.5 Å². The highest BCUT2D eigenvalue weighted by atomic mass is 19.3. The largest absolute Gasteiger partial charge is 0.345 e. The van der Waals surface area contributed by atoms with Crippen molar-refractivity contribution in [3.8, 4) is 0 Å². The van der Waals surface area contributed by atoms with Crippen molar-refractivity contribution in [3.05, 3.63) is 41.6 Å². The molecule has 2 aliphatic rings. The first-order valence-corrected chi connectivity index (χ1v) is 9.78. The van der Waals surface area contributed by atoms with Gasteiger partial charge in [-0.2, -0.15) is 0 Å². The van der Waals surface area contributed by atoms with Gasteiger partial charge in [-0.15, -0.1) is 0 Å². The normalized spacial score (nSPS) is 28.5. The van der Waals surface area contributed by atoms with E-state index in [0.717, 1.165) is 6.54 Å². The lowest BCUT2D eigenvalue weighted by atomic mass is 9.77. The van der Waals surface area contributed by atoms with Gasteiger partial charge in [-0.05, 0) is 30.5 Å². The molecule has 1 saturated carbocycles. The zero-order valence-corrected chi connectivity index (χ0v) is 16.0. The van der Waals surface area contributed by atoms with Crippen LogP contribution in [0.2, 0.25) is 0 Å². The summed E-state index contributed by atoms with van der Waals surface area (Å²) in [6, 6.07) is 6.33. The van der Waals surface area contributed by atoms with Gasteiger partial charge >= 0.3 is 0 Å². The molecule has 3 atom stereocenters. The minimum absolute atomic E-state index is 0.166. The van der Waals surface area contributed by atoms with Crippen molar-refractivity contribution in [1.29, 1.82) is 0 Å². The van der Waals surface area contributed by atoms with Gasteiger partial charge in [0.05, 0.1) is 11.1 Å². The van der Waals surface area contributed by atoms with Crippen molar-refractivity contribution in [2.75, 3.05) is 13.1 Å². The number of hydrogen-bond donors (Lipinski definition) is 2. The van der Waals surface area contributed by atoms with Gasteiger partial charge in [0.1, 0.15) is 0 Å². The Hall–Kier alpha value is -2.22. The number of carbonyl (C=O) groups is 1. The molecule has 0 radical (unpaired) electrons. The molecule has 2 aromatic rings. The zero-order chi connectivity index (χ0) is 20.8. The summed E-state index contributed by atoms with van der Waals surface area (Å²) >= 11 is 0. The third-order valence-electron chi connectivity index (χ3n) is 5.93. The van der Waals surface area contributed by atoms with Gasteiger partial charge in [0.25, 0.3) is 12.3 Å². The number of rotatable bonds is 5. The number of benzene rings is 1. The molecule has 156 valence electrons. The predicted octanol–water partition coefficient (Wildman–Crippen LogP) is 4.16. The molecular weight excluding hydrogens is 386 g/mol. The summed E-state index contributed by atoms with van der Waals surface area (Å²) in [5.41, 5.74) is -0.165.